The smallest absolute Gasteiger partial charge is 0.322 e. The number of esters is 2. The van der Waals surface area contributed by atoms with Gasteiger partial charge in [-0.3, -0.25) is 14.6 Å². The van der Waals surface area contributed by atoms with Crippen LogP contribution in [0.1, 0.15) is 71.6 Å². The van der Waals surface area contributed by atoms with Crippen LogP contribution in [0.25, 0.3) is 0 Å². The minimum Gasteiger partial charge on any atom is -0.691 e. The van der Waals surface area contributed by atoms with Gasteiger partial charge in [-0.25, -0.2) is 0 Å². The van der Waals surface area contributed by atoms with Gasteiger partial charge in [0.15, 0.2) is 0 Å². The molecule has 8 heteroatoms. The average Bonchev–Trinajstić information content (AvgIpc) is 2.58. The molecular weight excluding hydrogens is 336 g/mol. The van der Waals surface area contributed by atoms with Crippen molar-refractivity contribution in [3.05, 3.63) is 0 Å². The molecule has 0 spiro atoms. The topological polar surface area (TPSA) is 94.1 Å². The molecule has 0 rings (SSSR count). The van der Waals surface area contributed by atoms with Crippen LogP contribution < -0.4 is 5.26 Å². The highest BCUT2D eigenvalue weighted by Gasteiger charge is 2.26. The number of ether oxygens (including phenoxy) is 2. The van der Waals surface area contributed by atoms with E-state index in [1.54, 1.807) is 0 Å². The third-order valence-corrected chi connectivity index (χ3v) is 4.03. The normalized spacial score (nSPS) is 12.0. The molecule has 0 aliphatic rings. The van der Waals surface area contributed by atoms with Crippen LogP contribution in [0.5, 0.6) is 0 Å². The summed E-state index contributed by atoms with van der Waals surface area (Å²) in [6.07, 6.45) is 7.65. The SMILES string of the molecule is CCCCCCOC(=O)CC(SOO[O-])C(=O)OCCCCCC. The number of unbranched alkanes of at least 4 members (excludes halogenated alkanes) is 6. The summed E-state index contributed by atoms with van der Waals surface area (Å²) in [7, 11) is 0. The van der Waals surface area contributed by atoms with E-state index in [-0.39, 0.29) is 13.0 Å². The third kappa shape index (κ3) is 13.6. The second-order valence-corrected chi connectivity index (χ2v) is 6.33. The quantitative estimate of drug-likeness (QED) is 0.135. The first-order valence-corrected chi connectivity index (χ1v) is 9.40. The zero-order valence-corrected chi connectivity index (χ0v) is 15.4. The van der Waals surface area contributed by atoms with Gasteiger partial charge < -0.3 is 14.7 Å². The van der Waals surface area contributed by atoms with Crippen LogP contribution in [0.4, 0.5) is 0 Å². The Kier molecular flexibility index (Phi) is 16.4. The van der Waals surface area contributed by atoms with Gasteiger partial charge in [-0.15, -0.1) is 0 Å². The van der Waals surface area contributed by atoms with Crippen LogP contribution in [0, 0.1) is 0 Å². The lowest BCUT2D eigenvalue weighted by molar-refractivity contribution is -0.777. The van der Waals surface area contributed by atoms with Gasteiger partial charge in [0.05, 0.1) is 19.6 Å². The maximum absolute atomic E-state index is 11.9. The molecule has 0 aromatic carbocycles. The molecule has 0 N–H and O–H groups in total. The molecule has 1 atom stereocenters. The Labute approximate surface area is 148 Å². The molecule has 0 aliphatic carbocycles. The molecule has 0 radical (unpaired) electrons. The second kappa shape index (κ2) is 17.0. The predicted molar refractivity (Wildman–Crippen MR) is 88.4 cm³/mol. The average molecular weight is 365 g/mol. The maximum atomic E-state index is 11.9. The minimum atomic E-state index is -0.978. The number of hydrogen-bond acceptors (Lipinski definition) is 8. The van der Waals surface area contributed by atoms with Gasteiger partial charge in [0.1, 0.15) is 5.25 Å². The lowest BCUT2D eigenvalue weighted by Gasteiger charge is -2.15. The fourth-order valence-electron chi connectivity index (χ4n) is 1.94. The second-order valence-electron chi connectivity index (χ2n) is 5.43. The van der Waals surface area contributed by atoms with Crippen molar-refractivity contribution in [3.63, 3.8) is 0 Å². The van der Waals surface area contributed by atoms with E-state index in [4.69, 9.17) is 9.47 Å². The number of carbonyl (C=O) groups is 2. The van der Waals surface area contributed by atoms with E-state index >= 15 is 0 Å². The van der Waals surface area contributed by atoms with Gasteiger partial charge in [-0.05, 0) is 12.8 Å². The van der Waals surface area contributed by atoms with Crippen LogP contribution >= 0.6 is 12.0 Å². The molecular formula is C16H29O7S-. The van der Waals surface area contributed by atoms with Crippen molar-refractivity contribution >= 4 is 24.0 Å². The van der Waals surface area contributed by atoms with E-state index in [1.807, 2.05) is 0 Å². The Morgan fingerprint density at radius 2 is 1.50 bits per heavy atom. The van der Waals surface area contributed by atoms with Crippen molar-refractivity contribution in [1.82, 2.24) is 0 Å². The summed E-state index contributed by atoms with van der Waals surface area (Å²) in [6.45, 7) is 4.79. The van der Waals surface area contributed by atoms with Crippen molar-refractivity contribution < 1.29 is 33.7 Å². The Balaban J connectivity index is 4.08. The highest BCUT2D eigenvalue weighted by molar-refractivity contribution is 7.95. The van der Waals surface area contributed by atoms with Crippen LogP contribution in [0.2, 0.25) is 0 Å². The van der Waals surface area contributed by atoms with Crippen LogP contribution in [-0.4, -0.2) is 30.4 Å². The van der Waals surface area contributed by atoms with Gasteiger partial charge in [-0.1, -0.05) is 52.4 Å². The monoisotopic (exact) mass is 365 g/mol. The van der Waals surface area contributed by atoms with Gasteiger partial charge >= 0.3 is 11.9 Å². The fourth-order valence-corrected chi connectivity index (χ4v) is 2.42. The molecule has 0 aromatic heterocycles. The van der Waals surface area contributed by atoms with Crippen molar-refractivity contribution in [2.24, 2.45) is 0 Å². The van der Waals surface area contributed by atoms with Gasteiger partial charge in [0, 0.05) is 12.0 Å². The molecule has 0 fully saturated rings. The first kappa shape index (κ1) is 23.2. The van der Waals surface area contributed by atoms with Gasteiger partial charge in [-0.2, -0.15) is 4.33 Å². The summed E-state index contributed by atoms with van der Waals surface area (Å²) in [5.74, 6) is -1.14. The lowest BCUT2D eigenvalue weighted by atomic mass is 10.2. The largest absolute Gasteiger partial charge is 0.691 e. The first-order chi connectivity index (χ1) is 11.7. The molecule has 0 aliphatic heterocycles. The fraction of sp³-hybridized carbons (Fsp3) is 0.875. The molecule has 7 nitrogen and oxygen atoms in total. The molecule has 0 aromatic rings. The number of hydrogen-bond donors (Lipinski definition) is 0. The van der Waals surface area contributed by atoms with Crippen molar-refractivity contribution in [1.29, 1.82) is 0 Å². The molecule has 0 heterocycles. The third-order valence-electron chi connectivity index (χ3n) is 3.30. The Morgan fingerprint density at radius 3 is 2.04 bits per heavy atom. The van der Waals surface area contributed by atoms with Crippen LogP contribution in [0.3, 0.4) is 0 Å². The highest BCUT2D eigenvalue weighted by Crippen LogP contribution is 2.18. The summed E-state index contributed by atoms with van der Waals surface area (Å²) in [4.78, 5) is 23.7. The Bertz CT molecular complexity index is 326. The van der Waals surface area contributed by atoms with Crippen molar-refractivity contribution in [2.75, 3.05) is 13.2 Å². The van der Waals surface area contributed by atoms with E-state index < -0.39 is 17.2 Å². The number of carbonyl (C=O) groups excluding carboxylic acids is 2. The zero-order valence-electron chi connectivity index (χ0n) is 14.6. The zero-order chi connectivity index (χ0) is 18.0. The standard InChI is InChI=1S/C16H30O7S/c1-3-5-7-9-11-20-15(17)13-14(24-23-22-19)16(18)21-12-10-8-6-4-2/h14,19H,3-13H2,1-2H3/p-1. The summed E-state index contributed by atoms with van der Waals surface area (Å²) < 4.78 is 14.3. The number of rotatable bonds is 16. The van der Waals surface area contributed by atoms with E-state index in [9.17, 15) is 14.8 Å². The summed E-state index contributed by atoms with van der Waals surface area (Å²) in [6, 6.07) is 0. The molecule has 142 valence electrons. The molecule has 1 unspecified atom stereocenters. The first-order valence-electron chi connectivity index (χ1n) is 8.59. The molecule has 0 bridgehead atoms. The van der Waals surface area contributed by atoms with E-state index in [0.717, 1.165) is 51.4 Å². The van der Waals surface area contributed by atoms with E-state index in [0.29, 0.717) is 18.6 Å². The molecule has 24 heavy (non-hydrogen) atoms. The highest BCUT2D eigenvalue weighted by atomic mass is 32.2. The lowest BCUT2D eigenvalue weighted by Crippen LogP contribution is -2.26. The van der Waals surface area contributed by atoms with Crippen molar-refractivity contribution in [3.8, 4) is 0 Å². The minimum absolute atomic E-state index is 0.227. The maximum Gasteiger partial charge on any atom is 0.322 e. The van der Waals surface area contributed by atoms with Crippen LogP contribution in [0.15, 0.2) is 0 Å². The molecule has 0 amide bonds. The van der Waals surface area contributed by atoms with Crippen molar-refractivity contribution in [2.45, 2.75) is 76.9 Å². The van der Waals surface area contributed by atoms with Gasteiger partial charge in [0.25, 0.3) is 0 Å². The molecule has 0 saturated carbocycles. The summed E-state index contributed by atoms with van der Waals surface area (Å²) >= 11 is 0.464. The van der Waals surface area contributed by atoms with E-state index in [2.05, 4.69) is 23.2 Å². The van der Waals surface area contributed by atoms with E-state index in [1.165, 1.54) is 0 Å². The Hall–Kier alpha value is -0.830. The predicted octanol–water partition coefficient (Wildman–Crippen LogP) is 2.86. The Morgan fingerprint density at radius 1 is 0.917 bits per heavy atom. The summed E-state index contributed by atoms with van der Waals surface area (Å²) in [5, 5.41) is 12.2. The summed E-state index contributed by atoms with van der Waals surface area (Å²) in [5.41, 5.74) is 0. The van der Waals surface area contributed by atoms with Gasteiger partial charge in [0.2, 0.25) is 0 Å². The molecule has 0 saturated heterocycles. The van der Waals surface area contributed by atoms with Crippen LogP contribution in [-0.2, 0) is 28.4 Å².